The van der Waals surface area contributed by atoms with E-state index in [2.05, 4.69) is 10.3 Å². The second kappa shape index (κ2) is 5.79. The van der Waals surface area contributed by atoms with Crippen molar-refractivity contribution >= 4 is 21.4 Å². The Hall–Kier alpha value is -1.28. The minimum atomic E-state index is -3.64. The van der Waals surface area contributed by atoms with E-state index in [0.29, 0.717) is 6.54 Å². The van der Waals surface area contributed by atoms with Crippen LogP contribution in [-0.4, -0.2) is 13.4 Å². The molecular weight excluding hydrogens is 282 g/mol. The van der Waals surface area contributed by atoms with Crippen LogP contribution >= 0.6 is 11.3 Å². The van der Waals surface area contributed by atoms with Gasteiger partial charge in [-0.05, 0) is 24.6 Å². The van der Waals surface area contributed by atoms with Gasteiger partial charge in [-0.15, -0.1) is 11.3 Å². The Morgan fingerprint density at radius 3 is 2.79 bits per heavy atom. The fourth-order valence-electron chi connectivity index (χ4n) is 1.65. The molecule has 0 radical (unpaired) electrons. The molecule has 0 bridgehead atoms. The van der Waals surface area contributed by atoms with Crippen LogP contribution in [0.15, 0.2) is 34.7 Å². The number of rotatable bonds is 5. The SMILES string of the molecule is Cc1ncsc1CNCc1cccc(S(N)(=O)=O)c1. The van der Waals surface area contributed by atoms with Gasteiger partial charge in [0.05, 0.1) is 16.1 Å². The lowest BCUT2D eigenvalue weighted by molar-refractivity contribution is 0.597. The second-order valence-corrected chi connectivity index (χ2v) is 6.66. The van der Waals surface area contributed by atoms with Gasteiger partial charge in [0.15, 0.2) is 0 Å². The number of hydrogen-bond donors (Lipinski definition) is 2. The minimum absolute atomic E-state index is 0.140. The van der Waals surface area contributed by atoms with E-state index in [1.54, 1.807) is 23.5 Å². The molecule has 2 rings (SSSR count). The zero-order valence-electron chi connectivity index (χ0n) is 10.5. The number of benzene rings is 1. The van der Waals surface area contributed by atoms with Crippen LogP contribution in [-0.2, 0) is 23.1 Å². The average Bonchev–Trinajstić information content (AvgIpc) is 2.75. The Morgan fingerprint density at radius 1 is 1.37 bits per heavy atom. The predicted molar refractivity (Wildman–Crippen MR) is 75.2 cm³/mol. The molecule has 0 aliphatic rings. The molecule has 0 amide bonds. The molecule has 0 spiro atoms. The molecule has 0 atom stereocenters. The summed E-state index contributed by atoms with van der Waals surface area (Å²) in [6, 6.07) is 6.63. The molecule has 5 nitrogen and oxygen atoms in total. The molecule has 102 valence electrons. The Kier molecular flexibility index (Phi) is 4.31. The van der Waals surface area contributed by atoms with Gasteiger partial charge < -0.3 is 5.32 Å². The van der Waals surface area contributed by atoms with Crippen molar-refractivity contribution in [3.05, 3.63) is 45.9 Å². The summed E-state index contributed by atoms with van der Waals surface area (Å²) in [5, 5.41) is 8.35. The molecule has 1 aromatic heterocycles. The van der Waals surface area contributed by atoms with Crippen molar-refractivity contribution in [2.75, 3.05) is 0 Å². The van der Waals surface area contributed by atoms with Crippen molar-refractivity contribution in [2.24, 2.45) is 5.14 Å². The predicted octanol–water partition coefficient (Wildman–Crippen LogP) is 1.39. The van der Waals surface area contributed by atoms with Gasteiger partial charge in [0.1, 0.15) is 0 Å². The fourth-order valence-corrected chi connectivity index (χ4v) is 2.98. The summed E-state index contributed by atoms with van der Waals surface area (Å²) in [4.78, 5) is 5.49. The van der Waals surface area contributed by atoms with Gasteiger partial charge in [-0.3, -0.25) is 0 Å². The number of hydrogen-bond acceptors (Lipinski definition) is 5. The first-order chi connectivity index (χ1) is 8.97. The summed E-state index contributed by atoms with van der Waals surface area (Å²) in [6.07, 6.45) is 0. The number of thiazole rings is 1. The van der Waals surface area contributed by atoms with Crippen LogP contribution in [0.1, 0.15) is 16.1 Å². The smallest absolute Gasteiger partial charge is 0.238 e. The first-order valence-electron chi connectivity index (χ1n) is 5.68. The van der Waals surface area contributed by atoms with E-state index in [9.17, 15) is 8.42 Å². The van der Waals surface area contributed by atoms with Crippen LogP contribution < -0.4 is 10.5 Å². The van der Waals surface area contributed by atoms with Crippen molar-refractivity contribution in [3.63, 3.8) is 0 Å². The first-order valence-corrected chi connectivity index (χ1v) is 8.11. The monoisotopic (exact) mass is 297 g/mol. The van der Waals surface area contributed by atoms with Crippen LogP contribution in [0.2, 0.25) is 0 Å². The Balaban J connectivity index is 1.99. The zero-order chi connectivity index (χ0) is 13.9. The van der Waals surface area contributed by atoms with E-state index in [1.165, 1.54) is 10.9 Å². The van der Waals surface area contributed by atoms with Gasteiger partial charge >= 0.3 is 0 Å². The number of aromatic nitrogens is 1. The summed E-state index contributed by atoms with van der Waals surface area (Å²) >= 11 is 1.60. The van der Waals surface area contributed by atoms with Crippen molar-refractivity contribution in [1.29, 1.82) is 0 Å². The van der Waals surface area contributed by atoms with Crippen molar-refractivity contribution in [1.82, 2.24) is 10.3 Å². The highest BCUT2D eigenvalue weighted by atomic mass is 32.2. The van der Waals surface area contributed by atoms with E-state index >= 15 is 0 Å². The van der Waals surface area contributed by atoms with E-state index in [0.717, 1.165) is 17.8 Å². The van der Waals surface area contributed by atoms with E-state index < -0.39 is 10.0 Å². The van der Waals surface area contributed by atoms with Gasteiger partial charge in [-0.25, -0.2) is 18.5 Å². The Morgan fingerprint density at radius 2 is 2.16 bits per heavy atom. The first kappa shape index (κ1) is 14.1. The Bertz CT molecular complexity index is 665. The van der Waals surface area contributed by atoms with Crippen LogP contribution in [0.3, 0.4) is 0 Å². The number of nitrogens with one attached hydrogen (secondary N) is 1. The molecule has 0 saturated heterocycles. The van der Waals surface area contributed by atoms with Gasteiger partial charge in [-0.2, -0.15) is 0 Å². The van der Waals surface area contributed by atoms with E-state index in [-0.39, 0.29) is 4.90 Å². The summed E-state index contributed by atoms with van der Waals surface area (Å²) < 4.78 is 22.5. The molecule has 19 heavy (non-hydrogen) atoms. The quantitative estimate of drug-likeness (QED) is 0.873. The standard InChI is InChI=1S/C12H15N3O2S2/c1-9-12(18-8-15-9)7-14-6-10-3-2-4-11(5-10)19(13,16)17/h2-5,8,14H,6-7H2,1H3,(H2,13,16,17). The normalized spacial score (nSPS) is 11.7. The highest BCUT2D eigenvalue weighted by Gasteiger charge is 2.07. The second-order valence-electron chi connectivity index (χ2n) is 4.16. The molecule has 0 aliphatic carbocycles. The summed E-state index contributed by atoms with van der Waals surface area (Å²) in [5.74, 6) is 0. The van der Waals surface area contributed by atoms with Gasteiger partial charge in [0.2, 0.25) is 10.0 Å². The van der Waals surface area contributed by atoms with Crippen LogP contribution in [0, 0.1) is 6.92 Å². The fraction of sp³-hybridized carbons (Fsp3) is 0.250. The molecule has 0 aliphatic heterocycles. The zero-order valence-corrected chi connectivity index (χ0v) is 12.1. The maximum absolute atomic E-state index is 11.2. The largest absolute Gasteiger partial charge is 0.308 e. The summed E-state index contributed by atoms with van der Waals surface area (Å²) in [7, 11) is -3.64. The van der Waals surface area contributed by atoms with Gasteiger partial charge in [0, 0.05) is 18.0 Å². The van der Waals surface area contributed by atoms with Gasteiger partial charge in [0.25, 0.3) is 0 Å². The number of sulfonamides is 1. The summed E-state index contributed by atoms with van der Waals surface area (Å²) in [5.41, 5.74) is 3.72. The lowest BCUT2D eigenvalue weighted by Gasteiger charge is -2.05. The third-order valence-corrected chi connectivity index (χ3v) is 4.53. The average molecular weight is 297 g/mol. The van der Waals surface area contributed by atoms with Crippen LogP contribution in [0.5, 0.6) is 0 Å². The molecule has 0 fully saturated rings. The maximum atomic E-state index is 11.2. The molecule has 1 heterocycles. The third-order valence-electron chi connectivity index (χ3n) is 2.69. The molecule has 1 aromatic carbocycles. The maximum Gasteiger partial charge on any atom is 0.238 e. The lowest BCUT2D eigenvalue weighted by atomic mass is 10.2. The van der Waals surface area contributed by atoms with Crippen molar-refractivity contribution in [3.8, 4) is 0 Å². The van der Waals surface area contributed by atoms with E-state index in [1.807, 2.05) is 18.5 Å². The number of nitrogens with zero attached hydrogens (tertiary/aromatic N) is 1. The summed E-state index contributed by atoms with van der Waals surface area (Å²) in [6.45, 7) is 3.27. The lowest BCUT2D eigenvalue weighted by Crippen LogP contribution is -2.15. The molecule has 3 N–H and O–H groups in total. The molecular formula is C12H15N3O2S2. The van der Waals surface area contributed by atoms with E-state index in [4.69, 9.17) is 5.14 Å². The van der Waals surface area contributed by atoms with Crippen LogP contribution in [0.4, 0.5) is 0 Å². The van der Waals surface area contributed by atoms with Gasteiger partial charge in [-0.1, -0.05) is 12.1 Å². The van der Waals surface area contributed by atoms with Crippen LogP contribution in [0.25, 0.3) is 0 Å². The molecule has 7 heteroatoms. The number of aryl methyl sites for hydroxylation is 1. The molecule has 0 unspecified atom stereocenters. The highest BCUT2D eigenvalue weighted by Crippen LogP contribution is 2.13. The minimum Gasteiger partial charge on any atom is -0.308 e. The number of nitrogens with two attached hydrogens (primary N) is 1. The highest BCUT2D eigenvalue weighted by molar-refractivity contribution is 7.89. The number of primary sulfonamides is 1. The van der Waals surface area contributed by atoms with Crippen molar-refractivity contribution in [2.45, 2.75) is 24.9 Å². The molecule has 0 saturated carbocycles. The topological polar surface area (TPSA) is 85.1 Å². The third kappa shape index (κ3) is 3.84. The Labute approximate surface area is 116 Å². The van der Waals surface area contributed by atoms with Crippen molar-refractivity contribution < 1.29 is 8.42 Å². The molecule has 2 aromatic rings.